The second-order valence-electron chi connectivity index (χ2n) is 6.87. The first-order valence-electron chi connectivity index (χ1n) is 8.83. The molecular weight excluding hydrogens is 332 g/mol. The van der Waals surface area contributed by atoms with Crippen molar-refractivity contribution < 1.29 is 4.79 Å². The van der Waals surface area contributed by atoms with Crippen LogP contribution in [0.15, 0.2) is 23.5 Å². The normalized spacial score (nSPS) is 15.1. The molecule has 0 atom stereocenters. The van der Waals surface area contributed by atoms with Gasteiger partial charge in [0, 0.05) is 30.4 Å². The molecule has 1 aliphatic rings. The smallest absolute Gasteiger partial charge is 0.256 e. The van der Waals surface area contributed by atoms with E-state index < -0.39 is 0 Å². The summed E-state index contributed by atoms with van der Waals surface area (Å²) < 4.78 is 1.30. The van der Waals surface area contributed by atoms with E-state index in [9.17, 15) is 9.59 Å². The van der Waals surface area contributed by atoms with E-state index in [1.807, 2.05) is 0 Å². The number of amides is 1. The molecule has 8 heteroatoms. The van der Waals surface area contributed by atoms with Crippen LogP contribution in [0.4, 0.5) is 11.6 Å². The number of aryl methyl sites for hydroxylation is 1. The summed E-state index contributed by atoms with van der Waals surface area (Å²) in [6, 6.07) is 1.77. The van der Waals surface area contributed by atoms with Crippen molar-refractivity contribution in [2.45, 2.75) is 40.2 Å². The maximum atomic E-state index is 12.3. The average molecular weight is 356 g/mol. The van der Waals surface area contributed by atoms with Crippen molar-refractivity contribution in [3.8, 4) is 0 Å². The number of hydrogen-bond donors (Lipinski definition) is 1. The summed E-state index contributed by atoms with van der Waals surface area (Å²) >= 11 is 0. The Bertz CT molecular complexity index is 855. The van der Waals surface area contributed by atoms with E-state index in [2.05, 4.69) is 32.1 Å². The van der Waals surface area contributed by atoms with Gasteiger partial charge in [-0.15, -0.1) is 0 Å². The second-order valence-corrected chi connectivity index (χ2v) is 6.87. The van der Waals surface area contributed by atoms with Crippen molar-refractivity contribution in [2.75, 3.05) is 23.3 Å². The van der Waals surface area contributed by atoms with Crippen LogP contribution in [0, 0.1) is 19.8 Å². The topological polar surface area (TPSA) is 93.0 Å². The van der Waals surface area contributed by atoms with Gasteiger partial charge in [0.2, 0.25) is 5.91 Å². The number of carbonyl (C=O) groups excluding carboxylic acids is 1. The molecule has 0 unspecified atom stereocenters. The number of hydrogen-bond acceptors (Lipinski definition) is 6. The third-order valence-electron chi connectivity index (χ3n) is 4.86. The first-order valence-corrected chi connectivity index (χ1v) is 8.83. The summed E-state index contributed by atoms with van der Waals surface area (Å²) in [5.41, 5.74) is 1.00. The molecule has 1 N–H and O–H groups in total. The van der Waals surface area contributed by atoms with Gasteiger partial charge in [0.25, 0.3) is 5.56 Å². The molecule has 3 heterocycles. The van der Waals surface area contributed by atoms with Crippen LogP contribution in [0.5, 0.6) is 0 Å². The van der Waals surface area contributed by atoms with Gasteiger partial charge in [-0.1, -0.05) is 6.92 Å². The molecule has 0 radical (unpaired) electrons. The number of nitrogens with one attached hydrogen (secondary N) is 1. The van der Waals surface area contributed by atoms with E-state index >= 15 is 0 Å². The van der Waals surface area contributed by atoms with Crippen LogP contribution in [0.1, 0.15) is 31.0 Å². The van der Waals surface area contributed by atoms with Crippen LogP contribution < -0.4 is 15.8 Å². The molecule has 0 aromatic carbocycles. The van der Waals surface area contributed by atoms with Crippen LogP contribution in [-0.2, 0) is 11.3 Å². The highest BCUT2D eigenvalue weighted by molar-refractivity contribution is 5.89. The summed E-state index contributed by atoms with van der Waals surface area (Å²) in [5, 5.41) is 2.74. The largest absolute Gasteiger partial charge is 0.356 e. The van der Waals surface area contributed by atoms with Gasteiger partial charge in [0.05, 0.1) is 6.33 Å². The molecule has 0 saturated carbocycles. The van der Waals surface area contributed by atoms with Gasteiger partial charge >= 0.3 is 0 Å². The summed E-state index contributed by atoms with van der Waals surface area (Å²) in [4.78, 5) is 39.2. The number of aromatic nitrogens is 4. The Kier molecular flexibility index (Phi) is 5.29. The number of nitrogens with zero attached hydrogens (tertiary/aromatic N) is 5. The van der Waals surface area contributed by atoms with E-state index in [1.165, 1.54) is 17.2 Å². The fourth-order valence-corrected chi connectivity index (χ4v) is 2.95. The molecule has 1 fully saturated rings. The zero-order chi connectivity index (χ0) is 18.7. The highest BCUT2D eigenvalue weighted by Gasteiger charge is 2.17. The van der Waals surface area contributed by atoms with Gasteiger partial charge in [-0.25, -0.2) is 15.0 Å². The minimum absolute atomic E-state index is 0.104. The molecule has 0 aliphatic carbocycles. The van der Waals surface area contributed by atoms with Gasteiger partial charge in [0.15, 0.2) is 0 Å². The zero-order valence-electron chi connectivity index (χ0n) is 15.4. The van der Waals surface area contributed by atoms with Crippen LogP contribution in [0.3, 0.4) is 0 Å². The van der Waals surface area contributed by atoms with Crippen LogP contribution in [-0.4, -0.2) is 38.5 Å². The van der Waals surface area contributed by atoms with E-state index in [1.54, 1.807) is 19.9 Å². The Morgan fingerprint density at radius 2 is 1.96 bits per heavy atom. The average Bonchev–Trinajstić information content (AvgIpc) is 2.63. The minimum Gasteiger partial charge on any atom is -0.356 e. The van der Waals surface area contributed by atoms with Crippen molar-refractivity contribution >= 4 is 17.5 Å². The Hall–Kier alpha value is -2.77. The van der Waals surface area contributed by atoms with Crippen LogP contribution in [0.2, 0.25) is 0 Å². The monoisotopic (exact) mass is 356 g/mol. The SMILES string of the molecule is Cc1ncn(CC(=O)Nc2cc(N3CCC(C)CC3)ncn2)c(=O)c1C. The molecule has 8 nitrogen and oxygen atoms in total. The molecule has 2 aromatic heterocycles. The zero-order valence-corrected chi connectivity index (χ0v) is 15.4. The third kappa shape index (κ3) is 4.07. The molecule has 3 rings (SSSR count). The molecule has 2 aromatic rings. The lowest BCUT2D eigenvalue weighted by molar-refractivity contribution is -0.116. The van der Waals surface area contributed by atoms with Gasteiger partial charge in [-0.05, 0) is 32.6 Å². The first kappa shape index (κ1) is 18.0. The third-order valence-corrected chi connectivity index (χ3v) is 4.86. The van der Waals surface area contributed by atoms with Gasteiger partial charge in [-0.2, -0.15) is 0 Å². The number of piperidine rings is 1. The molecule has 138 valence electrons. The van der Waals surface area contributed by atoms with Crippen molar-refractivity contribution in [1.82, 2.24) is 19.5 Å². The standard InChI is InChI=1S/C18H24N6O2/c1-12-4-6-23(7-5-12)16-8-15(19-10-20-16)22-17(25)9-24-11-21-14(3)13(2)18(24)26/h8,10-12H,4-7,9H2,1-3H3,(H,19,20,22,25). The quantitative estimate of drug-likeness (QED) is 0.893. The summed E-state index contributed by atoms with van der Waals surface area (Å²) in [5.74, 6) is 1.65. The maximum Gasteiger partial charge on any atom is 0.256 e. The second kappa shape index (κ2) is 7.63. The van der Waals surface area contributed by atoms with E-state index in [-0.39, 0.29) is 18.0 Å². The molecule has 1 aliphatic heterocycles. The molecule has 26 heavy (non-hydrogen) atoms. The lowest BCUT2D eigenvalue weighted by Crippen LogP contribution is -2.33. The molecule has 0 spiro atoms. The Labute approximate surface area is 152 Å². The minimum atomic E-state index is -0.325. The number of anilines is 2. The molecule has 1 amide bonds. The fourth-order valence-electron chi connectivity index (χ4n) is 2.95. The Balaban J connectivity index is 1.67. The van der Waals surface area contributed by atoms with Crippen LogP contribution >= 0.6 is 0 Å². The summed E-state index contributed by atoms with van der Waals surface area (Å²) in [6.45, 7) is 7.53. The molecule has 0 bridgehead atoms. The summed E-state index contributed by atoms with van der Waals surface area (Å²) in [6.07, 6.45) is 5.11. The van der Waals surface area contributed by atoms with E-state index in [4.69, 9.17) is 0 Å². The van der Waals surface area contributed by atoms with Crippen molar-refractivity contribution in [2.24, 2.45) is 5.92 Å². The fraction of sp³-hybridized carbons (Fsp3) is 0.500. The van der Waals surface area contributed by atoms with Crippen molar-refractivity contribution in [1.29, 1.82) is 0 Å². The number of rotatable bonds is 4. The summed E-state index contributed by atoms with van der Waals surface area (Å²) in [7, 11) is 0. The molecule has 1 saturated heterocycles. The lowest BCUT2D eigenvalue weighted by atomic mass is 9.99. The highest BCUT2D eigenvalue weighted by Crippen LogP contribution is 2.22. The predicted octanol–water partition coefficient (Wildman–Crippen LogP) is 1.53. The van der Waals surface area contributed by atoms with E-state index in [0.29, 0.717) is 17.1 Å². The maximum absolute atomic E-state index is 12.3. The highest BCUT2D eigenvalue weighted by atomic mass is 16.2. The van der Waals surface area contributed by atoms with Gasteiger partial charge in [-0.3, -0.25) is 14.2 Å². The van der Waals surface area contributed by atoms with E-state index in [0.717, 1.165) is 37.7 Å². The Morgan fingerprint density at radius 1 is 1.23 bits per heavy atom. The van der Waals surface area contributed by atoms with Gasteiger partial charge in [0.1, 0.15) is 24.5 Å². The Morgan fingerprint density at radius 3 is 2.69 bits per heavy atom. The molecular formula is C18H24N6O2. The lowest BCUT2D eigenvalue weighted by Gasteiger charge is -2.31. The van der Waals surface area contributed by atoms with Gasteiger partial charge < -0.3 is 10.2 Å². The predicted molar refractivity (Wildman–Crippen MR) is 99.2 cm³/mol. The van der Waals surface area contributed by atoms with Crippen molar-refractivity contribution in [3.05, 3.63) is 40.3 Å². The number of carbonyl (C=O) groups is 1. The van der Waals surface area contributed by atoms with Crippen LogP contribution in [0.25, 0.3) is 0 Å². The first-order chi connectivity index (χ1) is 12.4. The van der Waals surface area contributed by atoms with Crippen molar-refractivity contribution in [3.63, 3.8) is 0 Å².